The Bertz CT molecular complexity index is 571. The van der Waals surface area contributed by atoms with E-state index in [1.807, 2.05) is 0 Å². The maximum Gasteiger partial charge on any atom is 0.337 e. The molecule has 2 N–H and O–H groups in total. The first-order valence-electron chi connectivity index (χ1n) is 6.97. The van der Waals surface area contributed by atoms with Crippen molar-refractivity contribution in [3.8, 4) is 0 Å². The number of hydrogen-bond donors (Lipinski definition) is 2. The van der Waals surface area contributed by atoms with Crippen LogP contribution < -0.4 is 10.6 Å². The SMILES string of the molecule is COC(=O)c1ccc(F)c(NC(=O)C2(OC)CCNCC2)c1. The fourth-order valence-electron chi connectivity index (χ4n) is 2.46. The number of halogens is 1. The summed E-state index contributed by atoms with van der Waals surface area (Å²) in [6.45, 7) is 1.29. The summed E-state index contributed by atoms with van der Waals surface area (Å²) in [5.74, 6) is -1.64. The number of methoxy groups -OCH3 is 2. The number of esters is 1. The van der Waals surface area contributed by atoms with Gasteiger partial charge in [0.2, 0.25) is 0 Å². The maximum atomic E-state index is 13.9. The molecule has 1 aromatic rings. The minimum atomic E-state index is -0.987. The van der Waals surface area contributed by atoms with E-state index in [4.69, 9.17) is 4.74 Å². The predicted octanol–water partition coefficient (Wildman–Crippen LogP) is 1.32. The Hall–Kier alpha value is -1.99. The summed E-state index contributed by atoms with van der Waals surface area (Å²) in [5, 5.41) is 5.66. The van der Waals surface area contributed by atoms with Gasteiger partial charge in [-0.05, 0) is 44.1 Å². The molecule has 1 aliphatic rings. The van der Waals surface area contributed by atoms with Crippen molar-refractivity contribution < 1.29 is 23.5 Å². The minimum absolute atomic E-state index is 0.0668. The molecule has 0 aromatic heterocycles. The van der Waals surface area contributed by atoms with Crippen LogP contribution in [0.1, 0.15) is 23.2 Å². The number of ether oxygens (including phenoxy) is 2. The van der Waals surface area contributed by atoms with E-state index in [0.29, 0.717) is 25.9 Å². The molecular weight excluding hydrogens is 291 g/mol. The highest BCUT2D eigenvalue weighted by Gasteiger charge is 2.40. The van der Waals surface area contributed by atoms with Gasteiger partial charge >= 0.3 is 5.97 Å². The third-order valence-electron chi connectivity index (χ3n) is 3.85. The van der Waals surface area contributed by atoms with Gasteiger partial charge in [-0.1, -0.05) is 0 Å². The summed E-state index contributed by atoms with van der Waals surface area (Å²) in [7, 11) is 2.70. The van der Waals surface area contributed by atoms with Crippen molar-refractivity contribution >= 4 is 17.6 Å². The number of amides is 1. The number of benzene rings is 1. The summed E-state index contributed by atoms with van der Waals surface area (Å²) in [5.41, 5.74) is -0.891. The molecule has 1 saturated heterocycles. The molecular formula is C15H19FN2O4. The molecule has 1 aromatic carbocycles. The van der Waals surface area contributed by atoms with E-state index in [-0.39, 0.29) is 11.3 Å². The molecule has 120 valence electrons. The van der Waals surface area contributed by atoms with Gasteiger partial charge in [-0.25, -0.2) is 9.18 Å². The number of piperidine rings is 1. The van der Waals surface area contributed by atoms with Gasteiger partial charge in [0.25, 0.3) is 5.91 Å². The molecule has 0 atom stereocenters. The van der Waals surface area contributed by atoms with Crippen LogP contribution >= 0.6 is 0 Å². The number of hydrogen-bond acceptors (Lipinski definition) is 5. The molecule has 2 rings (SSSR count). The van der Waals surface area contributed by atoms with Gasteiger partial charge in [0.15, 0.2) is 0 Å². The smallest absolute Gasteiger partial charge is 0.337 e. The number of rotatable bonds is 4. The molecule has 7 heteroatoms. The number of anilines is 1. The number of carbonyl (C=O) groups excluding carboxylic acids is 2. The Kier molecular flexibility index (Phi) is 5.10. The summed E-state index contributed by atoms with van der Waals surface area (Å²) < 4.78 is 23.8. The summed E-state index contributed by atoms with van der Waals surface area (Å²) >= 11 is 0. The van der Waals surface area contributed by atoms with E-state index in [1.54, 1.807) is 0 Å². The van der Waals surface area contributed by atoms with E-state index in [1.165, 1.54) is 26.4 Å². The summed E-state index contributed by atoms with van der Waals surface area (Å²) in [6, 6.07) is 3.67. The molecule has 1 aliphatic heterocycles. The normalized spacial score (nSPS) is 16.9. The van der Waals surface area contributed by atoms with Crippen LogP contribution in [0.2, 0.25) is 0 Å². The van der Waals surface area contributed by atoms with Crippen molar-refractivity contribution in [2.45, 2.75) is 18.4 Å². The molecule has 0 saturated carbocycles. The van der Waals surface area contributed by atoms with Crippen LogP contribution in [0.15, 0.2) is 18.2 Å². The third kappa shape index (κ3) is 3.26. The molecule has 0 unspecified atom stereocenters. The molecule has 6 nitrogen and oxygen atoms in total. The second-order valence-electron chi connectivity index (χ2n) is 5.09. The van der Waals surface area contributed by atoms with E-state index < -0.39 is 23.3 Å². The third-order valence-corrected chi connectivity index (χ3v) is 3.85. The van der Waals surface area contributed by atoms with Crippen LogP contribution in [-0.2, 0) is 14.3 Å². The standard InChI is InChI=1S/C15H19FN2O4/c1-21-13(19)10-3-4-11(16)12(9-10)18-14(20)15(22-2)5-7-17-8-6-15/h3-4,9,17H,5-8H2,1-2H3,(H,18,20). The lowest BCUT2D eigenvalue weighted by molar-refractivity contribution is -0.140. The predicted molar refractivity (Wildman–Crippen MR) is 78.2 cm³/mol. The average Bonchev–Trinajstić information content (AvgIpc) is 2.56. The quantitative estimate of drug-likeness (QED) is 0.820. The average molecular weight is 310 g/mol. The van der Waals surface area contributed by atoms with Crippen LogP contribution in [0.3, 0.4) is 0 Å². The van der Waals surface area contributed by atoms with Gasteiger partial charge in [0.05, 0.1) is 18.4 Å². The van der Waals surface area contributed by atoms with Crippen molar-refractivity contribution in [3.63, 3.8) is 0 Å². The van der Waals surface area contributed by atoms with Gasteiger partial charge < -0.3 is 20.1 Å². The van der Waals surface area contributed by atoms with Crippen LogP contribution in [0, 0.1) is 5.82 Å². The van der Waals surface area contributed by atoms with Crippen molar-refractivity contribution in [1.29, 1.82) is 0 Å². The first kappa shape index (κ1) is 16.4. The second kappa shape index (κ2) is 6.85. The largest absolute Gasteiger partial charge is 0.465 e. The Morgan fingerprint density at radius 3 is 2.55 bits per heavy atom. The topological polar surface area (TPSA) is 76.7 Å². The van der Waals surface area contributed by atoms with Crippen LogP contribution in [-0.4, -0.2) is 44.8 Å². The van der Waals surface area contributed by atoms with Gasteiger partial charge in [-0.2, -0.15) is 0 Å². The molecule has 0 bridgehead atoms. The second-order valence-corrected chi connectivity index (χ2v) is 5.09. The van der Waals surface area contributed by atoms with Crippen molar-refractivity contribution in [2.24, 2.45) is 0 Å². The fourth-order valence-corrected chi connectivity index (χ4v) is 2.46. The minimum Gasteiger partial charge on any atom is -0.465 e. The molecule has 1 amide bonds. The zero-order chi connectivity index (χ0) is 16.2. The van der Waals surface area contributed by atoms with Crippen molar-refractivity contribution in [1.82, 2.24) is 5.32 Å². The van der Waals surface area contributed by atoms with Crippen LogP contribution in [0.5, 0.6) is 0 Å². The van der Waals surface area contributed by atoms with Crippen molar-refractivity contribution in [3.05, 3.63) is 29.6 Å². The van der Waals surface area contributed by atoms with Gasteiger partial charge in [-0.3, -0.25) is 4.79 Å². The lowest BCUT2D eigenvalue weighted by atomic mass is 9.91. The van der Waals surface area contributed by atoms with E-state index in [0.717, 1.165) is 6.07 Å². The highest BCUT2D eigenvalue weighted by Crippen LogP contribution is 2.26. The monoisotopic (exact) mass is 310 g/mol. The Labute approximate surface area is 128 Å². The number of carbonyl (C=O) groups is 2. The first-order valence-corrected chi connectivity index (χ1v) is 6.97. The first-order chi connectivity index (χ1) is 10.5. The maximum absolute atomic E-state index is 13.9. The van der Waals surface area contributed by atoms with Gasteiger partial charge in [0, 0.05) is 7.11 Å². The zero-order valence-electron chi connectivity index (χ0n) is 12.6. The number of nitrogens with one attached hydrogen (secondary N) is 2. The fraction of sp³-hybridized carbons (Fsp3) is 0.467. The Balaban J connectivity index is 2.21. The lowest BCUT2D eigenvalue weighted by Gasteiger charge is -2.34. The Morgan fingerprint density at radius 1 is 1.27 bits per heavy atom. The molecule has 0 aliphatic carbocycles. The van der Waals surface area contributed by atoms with Crippen LogP contribution in [0.25, 0.3) is 0 Å². The van der Waals surface area contributed by atoms with E-state index in [2.05, 4.69) is 15.4 Å². The van der Waals surface area contributed by atoms with Crippen molar-refractivity contribution in [2.75, 3.05) is 32.6 Å². The lowest BCUT2D eigenvalue weighted by Crippen LogP contribution is -2.51. The molecule has 1 fully saturated rings. The molecule has 0 spiro atoms. The highest BCUT2D eigenvalue weighted by molar-refractivity contribution is 5.99. The summed E-state index contributed by atoms with van der Waals surface area (Å²) in [6.07, 6.45) is 0.987. The van der Waals surface area contributed by atoms with Gasteiger partial charge in [-0.15, -0.1) is 0 Å². The van der Waals surface area contributed by atoms with Gasteiger partial charge in [0.1, 0.15) is 11.4 Å². The molecule has 0 radical (unpaired) electrons. The zero-order valence-corrected chi connectivity index (χ0v) is 12.6. The van der Waals surface area contributed by atoms with Crippen LogP contribution in [0.4, 0.5) is 10.1 Å². The summed E-state index contributed by atoms with van der Waals surface area (Å²) in [4.78, 5) is 24.0. The molecule has 22 heavy (non-hydrogen) atoms. The Morgan fingerprint density at radius 2 is 1.95 bits per heavy atom. The molecule has 1 heterocycles. The van der Waals surface area contributed by atoms with E-state index >= 15 is 0 Å². The van der Waals surface area contributed by atoms with E-state index in [9.17, 15) is 14.0 Å². The highest BCUT2D eigenvalue weighted by atomic mass is 19.1.